The van der Waals surface area contributed by atoms with Crippen molar-refractivity contribution in [1.82, 2.24) is 19.9 Å². The maximum atomic E-state index is 12.8. The molecule has 3 aromatic heterocycles. The third-order valence-corrected chi connectivity index (χ3v) is 8.76. The summed E-state index contributed by atoms with van der Waals surface area (Å²) in [5, 5.41) is 0.781. The van der Waals surface area contributed by atoms with E-state index in [1.807, 2.05) is 6.07 Å². The molecule has 0 bridgehead atoms. The average Bonchev–Trinajstić information content (AvgIpc) is 3.45. The van der Waals surface area contributed by atoms with Crippen molar-refractivity contribution >= 4 is 32.4 Å². The maximum Gasteiger partial charge on any atom is 0.185 e. The lowest BCUT2D eigenvalue weighted by molar-refractivity contribution is 0.0483. The smallest absolute Gasteiger partial charge is 0.185 e. The molecule has 0 unspecified atom stereocenters. The number of nitrogens with two attached hydrogens (primary N) is 1. The van der Waals surface area contributed by atoms with Gasteiger partial charge in [0.25, 0.3) is 0 Å². The Labute approximate surface area is 185 Å². The van der Waals surface area contributed by atoms with Crippen LogP contribution < -0.4 is 15.4 Å². The number of fused-ring (bicyclic) bond motifs is 4. The summed E-state index contributed by atoms with van der Waals surface area (Å²) in [4.78, 5) is 19.3. The van der Waals surface area contributed by atoms with Crippen LogP contribution in [0.3, 0.4) is 0 Å². The number of morpholine rings is 1. The number of pyridine rings is 1. The minimum absolute atomic E-state index is 0.00250. The Balaban J connectivity index is 1.66. The van der Waals surface area contributed by atoms with Gasteiger partial charge in [-0.1, -0.05) is 0 Å². The topological polar surface area (TPSA) is 136 Å². The Hall–Kier alpha value is -2.92. The van der Waals surface area contributed by atoms with Crippen LogP contribution in [-0.2, 0) is 19.3 Å². The second-order valence-corrected chi connectivity index (χ2v) is 11.2. The Morgan fingerprint density at radius 1 is 1.25 bits per heavy atom. The van der Waals surface area contributed by atoms with Crippen molar-refractivity contribution in [1.29, 1.82) is 0 Å². The molecule has 1 aliphatic carbocycles. The molecule has 1 saturated carbocycles. The number of anilines is 2. The first-order valence-electron chi connectivity index (χ1n) is 10.6. The van der Waals surface area contributed by atoms with Gasteiger partial charge in [0.05, 0.1) is 42.7 Å². The third-order valence-electron chi connectivity index (χ3n) is 6.73. The van der Waals surface area contributed by atoms with Gasteiger partial charge < -0.3 is 25.1 Å². The van der Waals surface area contributed by atoms with Crippen LogP contribution in [0.1, 0.15) is 25.5 Å². The highest BCUT2D eigenvalue weighted by atomic mass is 32.2. The van der Waals surface area contributed by atoms with E-state index in [4.69, 9.17) is 25.2 Å². The van der Waals surface area contributed by atoms with Gasteiger partial charge in [-0.25, -0.2) is 23.4 Å². The van der Waals surface area contributed by atoms with Gasteiger partial charge in [-0.3, -0.25) is 0 Å². The first kappa shape index (κ1) is 19.7. The summed E-state index contributed by atoms with van der Waals surface area (Å²) in [5.41, 5.74) is 8.48. The third kappa shape index (κ3) is 2.67. The monoisotopic (exact) mass is 456 g/mol. The molecule has 3 N–H and O–H groups in total. The van der Waals surface area contributed by atoms with Gasteiger partial charge in [0.1, 0.15) is 22.7 Å². The SMILES string of the molecule is C[C@@H]1COC[C@H]2COc3c(nc(-c4c(N)cnc5[nH]ccc45)nc3C3(S(C)(=O)=O)CC3)N21. The van der Waals surface area contributed by atoms with E-state index in [1.54, 1.807) is 12.4 Å². The Bertz CT molecular complexity index is 1350. The molecular formula is C21H24N6O4S. The summed E-state index contributed by atoms with van der Waals surface area (Å²) < 4.78 is 36.5. The van der Waals surface area contributed by atoms with E-state index in [0.29, 0.717) is 72.6 Å². The Kier molecular flexibility index (Phi) is 4.04. The quantitative estimate of drug-likeness (QED) is 0.602. The van der Waals surface area contributed by atoms with Gasteiger partial charge >= 0.3 is 0 Å². The van der Waals surface area contributed by atoms with Crippen LogP contribution in [0.2, 0.25) is 0 Å². The highest BCUT2D eigenvalue weighted by molar-refractivity contribution is 7.92. The van der Waals surface area contributed by atoms with Gasteiger partial charge in [0.15, 0.2) is 27.2 Å². The van der Waals surface area contributed by atoms with Crippen molar-refractivity contribution in [3.63, 3.8) is 0 Å². The van der Waals surface area contributed by atoms with Crippen molar-refractivity contribution in [3.8, 4) is 17.1 Å². The summed E-state index contributed by atoms with van der Waals surface area (Å²) in [7, 11) is -3.42. The Morgan fingerprint density at radius 2 is 2.06 bits per heavy atom. The fraction of sp³-hybridized carbons (Fsp3) is 0.476. The molecule has 2 aliphatic heterocycles. The second kappa shape index (κ2) is 6.55. The molecule has 11 heteroatoms. The number of H-pyrrole nitrogens is 1. The first-order valence-corrected chi connectivity index (χ1v) is 12.5. The van der Waals surface area contributed by atoms with Crippen LogP contribution in [0.25, 0.3) is 22.4 Å². The van der Waals surface area contributed by atoms with Crippen molar-refractivity contribution in [3.05, 3.63) is 24.2 Å². The van der Waals surface area contributed by atoms with Crippen molar-refractivity contribution in [2.75, 3.05) is 36.7 Å². The summed E-state index contributed by atoms with van der Waals surface area (Å²) in [6, 6.07) is 1.93. The molecule has 2 fully saturated rings. The molecule has 6 rings (SSSR count). The molecule has 0 aromatic carbocycles. The zero-order valence-corrected chi connectivity index (χ0v) is 18.6. The van der Waals surface area contributed by atoms with Gasteiger partial charge in [-0.05, 0) is 25.8 Å². The van der Waals surface area contributed by atoms with Gasteiger partial charge in [-0.2, -0.15) is 0 Å². The fourth-order valence-corrected chi connectivity index (χ4v) is 6.25. The lowest BCUT2D eigenvalue weighted by Crippen LogP contribution is -2.56. The minimum atomic E-state index is -3.42. The number of sulfone groups is 1. The van der Waals surface area contributed by atoms with E-state index in [1.165, 1.54) is 6.26 Å². The zero-order chi connectivity index (χ0) is 22.3. The second-order valence-electron chi connectivity index (χ2n) is 8.90. The molecule has 168 valence electrons. The largest absolute Gasteiger partial charge is 0.486 e. The van der Waals surface area contributed by atoms with Crippen molar-refractivity contribution in [2.24, 2.45) is 0 Å². The molecule has 0 radical (unpaired) electrons. The van der Waals surface area contributed by atoms with Crippen LogP contribution >= 0.6 is 0 Å². The fourth-order valence-electron chi connectivity index (χ4n) is 4.92. The summed E-state index contributed by atoms with van der Waals surface area (Å²) in [5.74, 6) is 1.44. The zero-order valence-electron chi connectivity index (χ0n) is 17.8. The predicted molar refractivity (Wildman–Crippen MR) is 119 cm³/mol. The van der Waals surface area contributed by atoms with E-state index < -0.39 is 14.6 Å². The highest BCUT2D eigenvalue weighted by Gasteiger charge is 2.58. The molecule has 5 heterocycles. The van der Waals surface area contributed by atoms with Crippen molar-refractivity contribution < 1.29 is 17.9 Å². The number of aromatic amines is 1. The van der Waals surface area contributed by atoms with Gasteiger partial charge in [0, 0.05) is 17.8 Å². The molecule has 3 aromatic rings. The number of hydrogen-bond acceptors (Lipinski definition) is 9. The van der Waals surface area contributed by atoms with Crippen LogP contribution in [0.4, 0.5) is 11.5 Å². The number of rotatable bonds is 3. The van der Waals surface area contributed by atoms with Crippen LogP contribution in [0.15, 0.2) is 18.5 Å². The molecule has 0 amide bonds. The summed E-state index contributed by atoms with van der Waals surface area (Å²) in [6.45, 7) is 3.54. The molecule has 3 aliphatic rings. The number of nitrogen functional groups attached to an aromatic ring is 1. The summed E-state index contributed by atoms with van der Waals surface area (Å²) in [6.07, 6.45) is 5.62. The van der Waals surface area contributed by atoms with E-state index >= 15 is 0 Å². The van der Waals surface area contributed by atoms with Crippen LogP contribution in [0.5, 0.6) is 5.75 Å². The van der Waals surface area contributed by atoms with E-state index in [2.05, 4.69) is 21.8 Å². The minimum Gasteiger partial charge on any atom is -0.486 e. The lowest BCUT2D eigenvalue weighted by atomic mass is 10.1. The van der Waals surface area contributed by atoms with Crippen LogP contribution in [0, 0.1) is 0 Å². The number of nitrogens with zero attached hydrogens (tertiary/aromatic N) is 4. The van der Waals surface area contributed by atoms with Crippen LogP contribution in [-0.4, -0.2) is 66.5 Å². The van der Waals surface area contributed by atoms with E-state index in [-0.39, 0.29) is 12.1 Å². The molecule has 10 nitrogen and oxygen atoms in total. The van der Waals surface area contributed by atoms with Gasteiger partial charge in [0.2, 0.25) is 0 Å². The van der Waals surface area contributed by atoms with E-state index in [9.17, 15) is 8.42 Å². The molecule has 2 atom stereocenters. The molecule has 1 saturated heterocycles. The standard InChI is InChI=1S/C21H24N6O4S/c1-11-8-30-9-12-10-31-16-17(21(4-5-21)32(2,28)29)25-19(26-20(16)27(11)12)15-13-3-6-23-18(13)24-7-14(15)22/h3,6-7,11-12H,4-5,8-10,22H2,1-2H3,(H,23,24)/t11-,12+/m1/s1. The van der Waals surface area contributed by atoms with Gasteiger partial charge in [-0.15, -0.1) is 0 Å². The normalized spacial score (nSPS) is 24.0. The number of hydrogen-bond donors (Lipinski definition) is 2. The highest BCUT2D eigenvalue weighted by Crippen LogP contribution is 2.57. The Morgan fingerprint density at radius 3 is 2.81 bits per heavy atom. The van der Waals surface area contributed by atoms with Crippen molar-refractivity contribution in [2.45, 2.75) is 36.6 Å². The number of aromatic nitrogens is 4. The molecule has 0 spiro atoms. The lowest BCUT2D eigenvalue weighted by Gasteiger charge is -2.45. The average molecular weight is 457 g/mol. The molecular weight excluding hydrogens is 432 g/mol. The van der Waals surface area contributed by atoms with E-state index in [0.717, 1.165) is 5.39 Å². The predicted octanol–water partition coefficient (Wildman–Crippen LogP) is 1.62. The maximum absolute atomic E-state index is 12.8. The first-order chi connectivity index (χ1) is 15.3. The number of nitrogens with one attached hydrogen (secondary N) is 1. The number of ether oxygens (including phenoxy) is 2. The molecule has 32 heavy (non-hydrogen) atoms. The summed E-state index contributed by atoms with van der Waals surface area (Å²) >= 11 is 0.